The van der Waals surface area contributed by atoms with Crippen LogP contribution in [-0.2, 0) is 15.3 Å². The summed E-state index contributed by atoms with van der Waals surface area (Å²) in [5.41, 5.74) is 6.78. The SMILES string of the molecule is CCCC(CC)(Pc1c(C)cccc1N(CC)CC)c1cc(C(C)(C)C)cc(C)c1OCOC. The molecular weight excluding hydrogens is 437 g/mol. The average Bonchev–Trinajstić information content (AvgIpc) is 2.79. The number of nitrogens with zero attached hydrogens (tertiary/aromatic N) is 1. The number of hydrogen-bond acceptors (Lipinski definition) is 3. The van der Waals surface area contributed by atoms with Crippen molar-refractivity contribution in [2.45, 2.75) is 92.1 Å². The highest BCUT2D eigenvalue weighted by atomic mass is 31.1. The molecule has 3 nitrogen and oxygen atoms in total. The minimum absolute atomic E-state index is 0.0118. The van der Waals surface area contributed by atoms with Crippen LogP contribution in [0.25, 0.3) is 0 Å². The van der Waals surface area contributed by atoms with Crippen molar-refractivity contribution in [3.05, 3.63) is 52.6 Å². The summed E-state index contributed by atoms with van der Waals surface area (Å²) in [5, 5.41) is 1.51. The molecule has 0 fully saturated rings. The van der Waals surface area contributed by atoms with Crippen molar-refractivity contribution in [1.82, 2.24) is 0 Å². The molecule has 0 spiro atoms. The highest BCUT2D eigenvalue weighted by molar-refractivity contribution is 7.49. The van der Waals surface area contributed by atoms with Crippen molar-refractivity contribution < 1.29 is 9.47 Å². The van der Waals surface area contributed by atoms with Gasteiger partial charge in [0.2, 0.25) is 0 Å². The molecule has 0 N–H and O–H groups in total. The van der Waals surface area contributed by atoms with Gasteiger partial charge in [-0.1, -0.05) is 73.9 Å². The van der Waals surface area contributed by atoms with Crippen molar-refractivity contribution in [3.63, 3.8) is 0 Å². The number of aryl methyl sites for hydroxylation is 2. The molecule has 0 aliphatic heterocycles. The Hall–Kier alpha value is -1.57. The molecule has 2 aromatic carbocycles. The lowest BCUT2D eigenvalue weighted by Gasteiger charge is -2.38. The van der Waals surface area contributed by atoms with Gasteiger partial charge in [0.1, 0.15) is 5.75 Å². The molecule has 0 bridgehead atoms. The van der Waals surface area contributed by atoms with Crippen LogP contribution in [0.5, 0.6) is 5.75 Å². The number of ether oxygens (including phenoxy) is 2. The number of benzene rings is 2. The zero-order valence-electron chi connectivity index (χ0n) is 23.4. The lowest BCUT2D eigenvalue weighted by Crippen LogP contribution is -2.30. The van der Waals surface area contributed by atoms with E-state index in [0.717, 1.165) is 38.1 Å². The minimum atomic E-state index is 0.0118. The van der Waals surface area contributed by atoms with E-state index in [0.29, 0.717) is 8.58 Å². The smallest absolute Gasteiger partial charge is 0.188 e. The summed E-state index contributed by atoms with van der Waals surface area (Å²) in [7, 11) is 2.36. The molecular formula is C30H48NO2P. The van der Waals surface area contributed by atoms with Gasteiger partial charge in [-0.2, -0.15) is 0 Å². The van der Waals surface area contributed by atoms with E-state index >= 15 is 0 Å². The largest absolute Gasteiger partial charge is 0.467 e. The van der Waals surface area contributed by atoms with Crippen molar-refractivity contribution in [1.29, 1.82) is 0 Å². The Labute approximate surface area is 211 Å². The van der Waals surface area contributed by atoms with Gasteiger partial charge < -0.3 is 14.4 Å². The fourth-order valence-electron chi connectivity index (χ4n) is 4.90. The Kier molecular flexibility index (Phi) is 10.5. The predicted molar refractivity (Wildman–Crippen MR) is 152 cm³/mol. The quantitative estimate of drug-likeness (QED) is 0.226. The number of anilines is 1. The third kappa shape index (κ3) is 6.35. The standard InChI is InChI=1S/C30H48NO2P/c1-11-18-30(12-2,34-28-22(5)16-15-17-26(28)31(13-3)14-4)25-20-24(29(7,8)9)19-23(6)27(25)33-21-32-10/h15-17,19-20,34H,11-14,18,21H2,1-10H3. The molecule has 0 saturated heterocycles. The molecule has 4 heteroatoms. The van der Waals surface area contributed by atoms with E-state index < -0.39 is 0 Å². The number of methoxy groups -OCH3 is 1. The Morgan fingerprint density at radius 3 is 2.15 bits per heavy atom. The highest BCUT2D eigenvalue weighted by Crippen LogP contribution is 2.53. The molecule has 0 radical (unpaired) electrons. The summed E-state index contributed by atoms with van der Waals surface area (Å²) in [6.07, 6.45) is 3.34. The fourth-order valence-corrected chi connectivity index (χ4v) is 6.90. The van der Waals surface area contributed by atoms with Crippen LogP contribution in [0.15, 0.2) is 30.3 Å². The van der Waals surface area contributed by atoms with Crippen LogP contribution in [0.1, 0.15) is 90.0 Å². The Morgan fingerprint density at radius 1 is 0.941 bits per heavy atom. The molecule has 190 valence electrons. The number of hydrogen-bond donors (Lipinski definition) is 0. The van der Waals surface area contributed by atoms with Gasteiger partial charge in [-0.15, -0.1) is 0 Å². The lowest BCUT2D eigenvalue weighted by atomic mass is 9.81. The molecule has 0 aromatic heterocycles. The molecule has 2 atom stereocenters. The monoisotopic (exact) mass is 485 g/mol. The summed E-state index contributed by atoms with van der Waals surface area (Å²) in [5.74, 6) is 1.01. The second-order valence-corrected chi connectivity index (χ2v) is 12.1. The van der Waals surface area contributed by atoms with Gasteiger partial charge in [-0.25, -0.2) is 0 Å². The first-order valence-corrected chi connectivity index (χ1v) is 14.0. The zero-order valence-corrected chi connectivity index (χ0v) is 24.4. The number of rotatable bonds is 12. The molecule has 0 saturated carbocycles. The second kappa shape index (κ2) is 12.4. The van der Waals surface area contributed by atoms with Crippen LogP contribution in [-0.4, -0.2) is 27.0 Å². The molecule has 0 aliphatic rings. The molecule has 0 aliphatic carbocycles. The first-order chi connectivity index (χ1) is 16.1. The lowest BCUT2D eigenvalue weighted by molar-refractivity contribution is 0.0493. The molecule has 2 aromatic rings. The highest BCUT2D eigenvalue weighted by Gasteiger charge is 2.36. The van der Waals surface area contributed by atoms with Crippen LogP contribution in [0.3, 0.4) is 0 Å². The van der Waals surface area contributed by atoms with Gasteiger partial charge in [0.15, 0.2) is 6.79 Å². The molecule has 34 heavy (non-hydrogen) atoms. The Bertz CT molecular complexity index is 930. The summed E-state index contributed by atoms with van der Waals surface area (Å²) >= 11 is 0. The summed E-state index contributed by atoms with van der Waals surface area (Å²) < 4.78 is 11.6. The van der Waals surface area contributed by atoms with Crippen LogP contribution < -0.4 is 14.9 Å². The van der Waals surface area contributed by atoms with Crippen LogP contribution in [0, 0.1) is 13.8 Å². The first kappa shape index (κ1) is 28.7. The van der Waals surface area contributed by atoms with Gasteiger partial charge in [-0.3, -0.25) is 0 Å². The Balaban J connectivity index is 2.82. The third-order valence-electron chi connectivity index (χ3n) is 6.98. The van der Waals surface area contributed by atoms with Crippen LogP contribution in [0.4, 0.5) is 5.69 Å². The van der Waals surface area contributed by atoms with E-state index in [4.69, 9.17) is 9.47 Å². The maximum Gasteiger partial charge on any atom is 0.188 e. The molecule has 2 rings (SSSR count). The van der Waals surface area contributed by atoms with Crippen molar-refractivity contribution in [3.8, 4) is 5.75 Å². The van der Waals surface area contributed by atoms with Gasteiger partial charge in [0, 0.05) is 36.6 Å². The molecule has 0 amide bonds. The Morgan fingerprint density at radius 2 is 1.62 bits per heavy atom. The topological polar surface area (TPSA) is 21.7 Å². The van der Waals surface area contributed by atoms with Gasteiger partial charge in [0.25, 0.3) is 0 Å². The van der Waals surface area contributed by atoms with E-state index in [1.54, 1.807) is 7.11 Å². The van der Waals surface area contributed by atoms with E-state index in [9.17, 15) is 0 Å². The molecule has 0 heterocycles. The minimum Gasteiger partial charge on any atom is -0.467 e. The van der Waals surface area contributed by atoms with Crippen molar-refractivity contribution >= 4 is 19.6 Å². The van der Waals surface area contributed by atoms with E-state index in [2.05, 4.69) is 97.5 Å². The zero-order chi connectivity index (χ0) is 25.5. The third-order valence-corrected chi connectivity index (χ3v) is 9.23. The first-order valence-electron chi connectivity index (χ1n) is 13.0. The fraction of sp³-hybridized carbons (Fsp3) is 0.600. The normalized spacial score (nSPS) is 13.9. The van der Waals surface area contributed by atoms with E-state index in [-0.39, 0.29) is 17.4 Å². The van der Waals surface area contributed by atoms with Gasteiger partial charge >= 0.3 is 0 Å². The van der Waals surface area contributed by atoms with Gasteiger partial charge in [0.05, 0.1) is 0 Å². The maximum absolute atomic E-state index is 6.30. The maximum atomic E-state index is 6.30. The predicted octanol–water partition coefficient (Wildman–Crippen LogP) is 7.84. The summed E-state index contributed by atoms with van der Waals surface area (Å²) in [6.45, 7) is 22.9. The van der Waals surface area contributed by atoms with Crippen LogP contribution in [0.2, 0.25) is 0 Å². The molecule has 2 unspecified atom stereocenters. The summed E-state index contributed by atoms with van der Waals surface area (Å²) in [4.78, 5) is 2.50. The average molecular weight is 486 g/mol. The second-order valence-electron chi connectivity index (χ2n) is 10.4. The van der Waals surface area contributed by atoms with E-state index in [1.165, 1.54) is 33.2 Å². The van der Waals surface area contributed by atoms with Crippen LogP contribution >= 0.6 is 8.58 Å². The van der Waals surface area contributed by atoms with Gasteiger partial charge in [-0.05, 0) is 74.0 Å². The van der Waals surface area contributed by atoms with Crippen molar-refractivity contribution in [2.75, 3.05) is 31.9 Å². The van der Waals surface area contributed by atoms with Crippen molar-refractivity contribution in [2.24, 2.45) is 0 Å². The summed E-state index contributed by atoms with van der Waals surface area (Å²) in [6, 6.07) is 11.6. The van der Waals surface area contributed by atoms with E-state index in [1.807, 2.05) is 0 Å².